The molecule has 0 aliphatic carbocycles. The number of para-hydroxylation sites is 2. The minimum Gasteiger partial charge on any atom is -0.454 e. The molecule has 4 heteroatoms. The molecule has 0 fully saturated rings. The molecule has 206 valence electrons. The number of hydrogen-bond donors (Lipinski definition) is 0. The molecule has 3 heterocycles. The molecule has 0 spiro atoms. The molecule has 0 amide bonds. The number of fused-ring (bicyclic) bond motifs is 11. The molecule has 0 N–H and O–H groups in total. The van der Waals surface area contributed by atoms with Crippen LogP contribution in [0.1, 0.15) is 0 Å². The van der Waals surface area contributed by atoms with Crippen LogP contribution in [0.5, 0.6) is 0 Å². The van der Waals surface area contributed by atoms with Crippen molar-refractivity contribution in [2.75, 3.05) is 4.90 Å². The van der Waals surface area contributed by atoms with Gasteiger partial charge in [-0.15, -0.1) is 22.7 Å². The third-order valence-corrected chi connectivity index (χ3v) is 11.2. The van der Waals surface area contributed by atoms with E-state index >= 15 is 0 Å². The van der Waals surface area contributed by atoms with E-state index in [1.54, 1.807) is 0 Å². The maximum absolute atomic E-state index is 6.80. The van der Waals surface area contributed by atoms with Crippen LogP contribution >= 0.6 is 22.7 Å². The Labute approximate surface area is 260 Å². The highest BCUT2D eigenvalue weighted by Gasteiger charge is 2.22. The van der Waals surface area contributed by atoms with Gasteiger partial charge in [0.15, 0.2) is 5.58 Å². The summed E-state index contributed by atoms with van der Waals surface area (Å²) in [5.41, 5.74) is 5.06. The van der Waals surface area contributed by atoms with E-state index in [0.717, 1.165) is 33.6 Å². The zero-order chi connectivity index (χ0) is 28.8. The van der Waals surface area contributed by atoms with E-state index in [0.29, 0.717) is 0 Å². The zero-order valence-corrected chi connectivity index (χ0v) is 25.1. The Kier molecular flexibility index (Phi) is 5.06. The van der Waals surface area contributed by atoms with Crippen molar-refractivity contribution < 1.29 is 4.42 Å². The van der Waals surface area contributed by atoms with Crippen LogP contribution < -0.4 is 4.90 Å². The summed E-state index contributed by atoms with van der Waals surface area (Å²) in [6, 6.07) is 50.4. The molecule has 0 aliphatic rings. The van der Waals surface area contributed by atoms with Crippen LogP contribution in [0, 0.1) is 0 Å². The van der Waals surface area contributed by atoms with Gasteiger partial charge in [-0.1, -0.05) is 72.8 Å². The molecule has 0 bridgehead atoms. The SMILES string of the molecule is c1ccc(N(c2ccc3sc4ccccc4c3c2)c2cccc3c2oc2ccc4c5cc6ccccc6cc5sc4c23)cc1. The number of nitrogens with zero attached hydrogens (tertiary/aromatic N) is 1. The van der Waals surface area contributed by atoms with E-state index in [1.807, 2.05) is 22.7 Å². The second-order valence-electron chi connectivity index (χ2n) is 11.3. The largest absolute Gasteiger partial charge is 0.454 e. The number of thiophene rings is 2. The lowest BCUT2D eigenvalue weighted by molar-refractivity contribution is 0.669. The van der Waals surface area contributed by atoms with Gasteiger partial charge in [-0.2, -0.15) is 0 Å². The fourth-order valence-electron chi connectivity index (χ4n) is 6.82. The summed E-state index contributed by atoms with van der Waals surface area (Å²) < 4.78 is 12.0. The van der Waals surface area contributed by atoms with E-state index in [4.69, 9.17) is 4.42 Å². The summed E-state index contributed by atoms with van der Waals surface area (Å²) in [7, 11) is 0. The molecule has 0 radical (unpaired) electrons. The second-order valence-corrected chi connectivity index (χ2v) is 13.5. The first-order valence-corrected chi connectivity index (χ1v) is 16.4. The number of anilines is 3. The van der Waals surface area contributed by atoms with Crippen LogP contribution in [-0.2, 0) is 0 Å². The Morgan fingerprint density at radius 1 is 0.455 bits per heavy atom. The molecule has 0 atom stereocenters. The fourth-order valence-corrected chi connectivity index (χ4v) is 9.19. The maximum Gasteiger partial charge on any atom is 0.159 e. The van der Waals surface area contributed by atoms with Gasteiger partial charge in [-0.05, 0) is 77.5 Å². The highest BCUT2D eigenvalue weighted by atomic mass is 32.1. The smallest absolute Gasteiger partial charge is 0.159 e. The van der Waals surface area contributed by atoms with Crippen LogP contribution in [-0.4, -0.2) is 0 Å². The number of rotatable bonds is 3. The molecule has 3 aromatic heterocycles. The third-order valence-electron chi connectivity index (χ3n) is 8.82. The standard InChI is InChI=1S/C40H23NOS2/c1-2-11-26(12-3-1)41(27-17-20-36-32(23-27)28-13-6-7-16-35(28)43-36)33-15-8-14-30-38-34(42-39(30)33)19-18-29-31-21-24-9-4-5-10-25(24)22-37(31)44-40(29)38/h1-23H. The number of furan rings is 1. The fraction of sp³-hybridized carbons (Fsp3) is 0. The number of benzene rings is 7. The van der Waals surface area contributed by atoms with Crippen molar-refractivity contribution in [2.45, 2.75) is 0 Å². The van der Waals surface area contributed by atoms with Crippen molar-refractivity contribution in [1.29, 1.82) is 0 Å². The Morgan fingerprint density at radius 2 is 1.20 bits per heavy atom. The van der Waals surface area contributed by atoms with Gasteiger partial charge in [0.1, 0.15) is 5.58 Å². The minimum atomic E-state index is 0.900. The average molecular weight is 598 g/mol. The summed E-state index contributed by atoms with van der Waals surface area (Å²) >= 11 is 3.71. The van der Waals surface area contributed by atoms with Gasteiger partial charge in [0.25, 0.3) is 0 Å². The van der Waals surface area contributed by atoms with E-state index < -0.39 is 0 Å². The van der Waals surface area contributed by atoms with Crippen molar-refractivity contribution in [2.24, 2.45) is 0 Å². The summed E-state index contributed by atoms with van der Waals surface area (Å²) in [6.45, 7) is 0. The lowest BCUT2D eigenvalue weighted by Gasteiger charge is -2.25. The summed E-state index contributed by atoms with van der Waals surface area (Å²) in [4.78, 5) is 2.34. The molecule has 0 saturated heterocycles. The monoisotopic (exact) mass is 597 g/mol. The summed E-state index contributed by atoms with van der Waals surface area (Å²) in [6.07, 6.45) is 0. The highest BCUT2D eigenvalue weighted by Crippen LogP contribution is 2.47. The minimum absolute atomic E-state index is 0.900. The molecule has 10 rings (SSSR count). The van der Waals surface area contributed by atoms with Gasteiger partial charge in [0.2, 0.25) is 0 Å². The Morgan fingerprint density at radius 3 is 2.11 bits per heavy atom. The van der Waals surface area contributed by atoms with Crippen LogP contribution in [0.25, 0.3) is 73.1 Å². The van der Waals surface area contributed by atoms with Crippen LogP contribution in [0.15, 0.2) is 144 Å². The molecular formula is C40H23NOS2. The molecule has 0 saturated carbocycles. The third kappa shape index (κ3) is 3.47. The first-order chi connectivity index (χ1) is 21.8. The molecule has 10 aromatic rings. The average Bonchev–Trinajstić information content (AvgIpc) is 3.75. The first-order valence-electron chi connectivity index (χ1n) is 14.8. The topological polar surface area (TPSA) is 16.4 Å². The Bertz CT molecular complexity index is 2730. The Balaban J connectivity index is 1.25. The number of hydrogen-bond acceptors (Lipinski definition) is 4. The molecule has 44 heavy (non-hydrogen) atoms. The molecular weight excluding hydrogens is 575 g/mol. The predicted molar refractivity (Wildman–Crippen MR) is 192 cm³/mol. The summed E-state index contributed by atoms with van der Waals surface area (Å²) in [5, 5.41) is 10.0. The van der Waals surface area contributed by atoms with Crippen molar-refractivity contribution in [3.05, 3.63) is 140 Å². The highest BCUT2D eigenvalue weighted by molar-refractivity contribution is 7.27. The molecule has 0 unspecified atom stereocenters. The van der Waals surface area contributed by atoms with E-state index in [1.165, 1.54) is 56.5 Å². The lowest BCUT2D eigenvalue weighted by Crippen LogP contribution is -2.09. The van der Waals surface area contributed by atoms with E-state index in [-0.39, 0.29) is 0 Å². The zero-order valence-electron chi connectivity index (χ0n) is 23.5. The van der Waals surface area contributed by atoms with Crippen LogP contribution in [0.4, 0.5) is 17.1 Å². The molecule has 7 aromatic carbocycles. The Hall–Kier alpha value is -5.16. The predicted octanol–water partition coefficient (Wildman–Crippen LogP) is 12.9. The van der Waals surface area contributed by atoms with Crippen molar-refractivity contribution in [1.82, 2.24) is 0 Å². The van der Waals surface area contributed by atoms with Crippen molar-refractivity contribution >= 4 is 113 Å². The lowest BCUT2D eigenvalue weighted by atomic mass is 10.0. The summed E-state index contributed by atoms with van der Waals surface area (Å²) in [5.74, 6) is 0. The van der Waals surface area contributed by atoms with Gasteiger partial charge in [-0.3, -0.25) is 0 Å². The maximum atomic E-state index is 6.80. The quantitative estimate of drug-likeness (QED) is 0.201. The van der Waals surface area contributed by atoms with Crippen LogP contribution in [0.3, 0.4) is 0 Å². The van der Waals surface area contributed by atoms with Gasteiger partial charge in [0, 0.05) is 62.5 Å². The second kappa shape index (κ2) is 9.17. The van der Waals surface area contributed by atoms with Gasteiger partial charge in [0.05, 0.1) is 5.69 Å². The van der Waals surface area contributed by atoms with E-state index in [9.17, 15) is 0 Å². The van der Waals surface area contributed by atoms with Gasteiger partial charge in [-0.25, -0.2) is 0 Å². The van der Waals surface area contributed by atoms with Crippen molar-refractivity contribution in [3.63, 3.8) is 0 Å². The van der Waals surface area contributed by atoms with Gasteiger partial charge >= 0.3 is 0 Å². The van der Waals surface area contributed by atoms with E-state index in [2.05, 4.69) is 144 Å². The van der Waals surface area contributed by atoms with Crippen molar-refractivity contribution in [3.8, 4) is 0 Å². The normalized spacial score (nSPS) is 12.1. The molecule has 2 nitrogen and oxygen atoms in total. The molecule has 0 aliphatic heterocycles. The van der Waals surface area contributed by atoms with Crippen LogP contribution in [0.2, 0.25) is 0 Å². The van der Waals surface area contributed by atoms with Gasteiger partial charge < -0.3 is 9.32 Å². The first kappa shape index (κ1) is 24.3.